The number of carbonyl (C=O) groups excluding carboxylic acids is 2. The van der Waals surface area contributed by atoms with Crippen LogP contribution in [0.5, 0.6) is 0 Å². The van der Waals surface area contributed by atoms with Gasteiger partial charge in [-0.1, -0.05) is 25.4 Å². The number of carbonyl (C=O) groups is 2. The van der Waals surface area contributed by atoms with Crippen molar-refractivity contribution < 1.29 is 9.59 Å². The molecule has 2 amide bonds. The molecule has 2 aromatic rings. The van der Waals surface area contributed by atoms with Gasteiger partial charge >= 0.3 is 0 Å². The summed E-state index contributed by atoms with van der Waals surface area (Å²) in [7, 11) is 0. The van der Waals surface area contributed by atoms with Crippen molar-refractivity contribution in [2.45, 2.75) is 51.7 Å². The number of nitrogens with zero attached hydrogens (tertiary/aromatic N) is 4. The lowest BCUT2D eigenvalue weighted by Crippen LogP contribution is -2.52. The van der Waals surface area contributed by atoms with Crippen molar-refractivity contribution in [2.75, 3.05) is 13.1 Å². The monoisotopic (exact) mass is 444 g/mol. The minimum absolute atomic E-state index is 0.0555. The standard InChI is InChI=1S/C22H29ClN6O2/c1-14(2)17-7-8-25-20(17)22(31)28-9-3-4-19(28)21(30)26-11-15-10-16(23)5-6-18(15)29-13-24-12-27-29/h5-6,10,12-14,17,19-20,25H,3-4,7-9,11H2,1-2H3,(H,26,30)/t17?,19-,20?/m0/s1. The number of benzene rings is 1. The Balaban J connectivity index is 1.44. The number of halogens is 1. The molecule has 31 heavy (non-hydrogen) atoms. The number of hydrogen-bond donors (Lipinski definition) is 2. The van der Waals surface area contributed by atoms with E-state index in [1.165, 1.54) is 6.33 Å². The first-order valence-corrected chi connectivity index (χ1v) is 11.3. The number of aromatic nitrogens is 3. The lowest BCUT2D eigenvalue weighted by Gasteiger charge is -2.30. The lowest BCUT2D eigenvalue weighted by atomic mass is 9.88. The molecule has 166 valence electrons. The van der Waals surface area contributed by atoms with E-state index in [0.29, 0.717) is 36.4 Å². The summed E-state index contributed by atoms with van der Waals surface area (Å²) in [6.45, 7) is 6.09. The van der Waals surface area contributed by atoms with E-state index >= 15 is 0 Å². The fraction of sp³-hybridized carbons (Fsp3) is 0.545. The van der Waals surface area contributed by atoms with E-state index in [-0.39, 0.29) is 17.9 Å². The maximum atomic E-state index is 13.3. The van der Waals surface area contributed by atoms with Crippen LogP contribution >= 0.6 is 11.6 Å². The summed E-state index contributed by atoms with van der Waals surface area (Å²) in [4.78, 5) is 32.1. The lowest BCUT2D eigenvalue weighted by molar-refractivity contribution is -0.140. The van der Waals surface area contributed by atoms with Gasteiger partial charge in [-0.2, -0.15) is 5.10 Å². The average Bonchev–Trinajstić information content (AvgIpc) is 3.52. The topological polar surface area (TPSA) is 92.2 Å². The van der Waals surface area contributed by atoms with Gasteiger partial charge in [-0.3, -0.25) is 9.59 Å². The normalized spacial score (nSPS) is 23.5. The second-order valence-electron chi connectivity index (χ2n) is 8.65. The van der Waals surface area contributed by atoms with Crippen LogP contribution in [-0.2, 0) is 16.1 Å². The fourth-order valence-corrected chi connectivity index (χ4v) is 4.94. The number of hydrogen-bond acceptors (Lipinski definition) is 5. The first-order valence-electron chi connectivity index (χ1n) is 10.9. The van der Waals surface area contributed by atoms with Gasteiger partial charge in [0.2, 0.25) is 11.8 Å². The molecule has 4 rings (SSSR count). The molecule has 2 aliphatic rings. The second-order valence-corrected chi connectivity index (χ2v) is 9.09. The quantitative estimate of drug-likeness (QED) is 0.712. The molecule has 8 nitrogen and oxygen atoms in total. The Morgan fingerprint density at radius 3 is 2.90 bits per heavy atom. The largest absolute Gasteiger partial charge is 0.350 e. The van der Waals surface area contributed by atoms with Crippen molar-refractivity contribution in [2.24, 2.45) is 11.8 Å². The Labute approximate surface area is 187 Å². The minimum Gasteiger partial charge on any atom is -0.350 e. The Bertz CT molecular complexity index is 932. The van der Waals surface area contributed by atoms with Gasteiger partial charge < -0.3 is 15.5 Å². The Hall–Kier alpha value is -2.45. The van der Waals surface area contributed by atoms with Crippen molar-refractivity contribution in [3.05, 3.63) is 41.4 Å². The molecule has 2 N–H and O–H groups in total. The number of nitrogens with one attached hydrogen (secondary N) is 2. The average molecular weight is 445 g/mol. The highest BCUT2D eigenvalue weighted by molar-refractivity contribution is 6.30. The Morgan fingerprint density at radius 2 is 2.16 bits per heavy atom. The van der Waals surface area contributed by atoms with Crippen LogP contribution in [0.2, 0.25) is 5.02 Å². The predicted molar refractivity (Wildman–Crippen MR) is 118 cm³/mol. The smallest absolute Gasteiger partial charge is 0.243 e. The van der Waals surface area contributed by atoms with Crippen molar-refractivity contribution >= 4 is 23.4 Å². The predicted octanol–water partition coefficient (Wildman–Crippen LogP) is 2.16. The summed E-state index contributed by atoms with van der Waals surface area (Å²) in [5.41, 5.74) is 1.64. The van der Waals surface area contributed by atoms with E-state index in [1.54, 1.807) is 22.0 Å². The minimum atomic E-state index is -0.434. The van der Waals surface area contributed by atoms with Gasteiger partial charge in [0.1, 0.15) is 18.7 Å². The maximum Gasteiger partial charge on any atom is 0.243 e. The van der Waals surface area contributed by atoms with Crippen LogP contribution in [0.3, 0.4) is 0 Å². The first kappa shape index (κ1) is 21.8. The highest BCUT2D eigenvalue weighted by Gasteiger charge is 2.42. The summed E-state index contributed by atoms with van der Waals surface area (Å²) < 4.78 is 1.64. The third kappa shape index (κ3) is 4.60. The molecule has 0 bridgehead atoms. The van der Waals surface area contributed by atoms with Crippen LogP contribution in [0.1, 0.15) is 38.7 Å². The van der Waals surface area contributed by atoms with E-state index in [0.717, 1.165) is 30.6 Å². The SMILES string of the molecule is CC(C)C1CCNC1C(=O)N1CCC[C@H]1C(=O)NCc1cc(Cl)ccc1-n1cncn1. The summed E-state index contributed by atoms with van der Waals surface area (Å²) in [5, 5.41) is 11.1. The maximum absolute atomic E-state index is 13.3. The number of likely N-dealkylation sites (tertiary alicyclic amines) is 1. The van der Waals surface area contributed by atoms with Crippen LogP contribution in [0.25, 0.3) is 5.69 Å². The molecular formula is C22H29ClN6O2. The summed E-state index contributed by atoms with van der Waals surface area (Å²) in [5.74, 6) is 0.666. The number of amides is 2. The second kappa shape index (κ2) is 9.36. The van der Waals surface area contributed by atoms with E-state index in [9.17, 15) is 9.59 Å². The van der Waals surface area contributed by atoms with Crippen LogP contribution in [0.4, 0.5) is 0 Å². The van der Waals surface area contributed by atoms with E-state index < -0.39 is 6.04 Å². The van der Waals surface area contributed by atoms with Crippen LogP contribution in [-0.4, -0.2) is 56.7 Å². The highest BCUT2D eigenvalue weighted by Crippen LogP contribution is 2.28. The molecule has 2 fully saturated rings. The van der Waals surface area contributed by atoms with Crippen molar-refractivity contribution in [3.8, 4) is 5.69 Å². The van der Waals surface area contributed by atoms with Crippen molar-refractivity contribution in [1.29, 1.82) is 0 Å². The molecular weight excluding hydrogens is 416 g/mol. The molecule has 1 aromatic heterocycles. The number of rotatable bonds is 6. The third-order valence-corrected chi connectivity index (χ3v) is 6.63. The molecule has 2 saturated heterocycles. The molecule has 0 aliphatic carbocycles. The molecule has 0 saturated carbocycles. The van der Waals surface area contributed by atoms with Crippen molar-refractivity contribution in [3.63, 3.8) is 0 Å². The highest BCUT2D eigenvalue weighted by atomic mass is 35.5. The molecule has 2 aliphatic heterocycles. The molecule has 1 aromatic carbocycles. The molecule has 9 heteroatoms. The van der Waals surface area contributed by atoms with Gasteiger partial charge in [0, 0.05) is 18.1 Å². The Morgan fingerprint density at radius 1 is 1.32 bits per heavy atom. The van der Waals surface area contributed by atoms with Gasteiger partial charge in [0.05, 0.1) is 11.7 Å². The van der Waals surface area contributed by atoms with Crippen LogP contribution in [0, 0.1) is 11.8 Å². The van der Waals surface area contributed by atoms with E-state index in [4.69, 9.17) is 11.6 Å². The zero-order valence-corrected chi connectivity index (χ0v) is 18.7. The fourth-order valence-electron chi connectivity index (χ4n) is 4.75. The summed E-state index contributed by atoms with van der Waals surface area (Å²) in [6.07, 6.45) is 5.58. The third-order valence-electron chi connectivity index (χ3n) is 6.39. The summed E-state index contributed by atoms with van der Waals surface area (Å²) in [6, 6.07) is 4.81. The van der Waals surface area contributed by atoms with Gasteiger partial charge in [-0.05, 0) is 61.4 Å². The molecule has 0 spiro atoms. The zero-order chi connectivity index (χ0) is 22.0. The zero-order valence-electron chi connectivity index (χ0n) is 17.9. The molecule has 3 heterocycles. The Kier molecular flexibility index (Phi) is 6.57. The van der Waals surface area contributed by atoms with E-state index in [1.807, 2.05) is 12.1 Å². The molecule has 3 atom stereocenters. The van der Waals surface area contributed by atoms with Gasteiger partial charge in [-0.15, -0.1) is 0 Å². The van der Waals surface area contributed by atoms with Crippen LogP contribution in [0.15, 0.2) is 30.9 Å². The summed E-state index contributed by atoms with van der Waals surface area (Å²) >= 11 is 6.18. The van der Waals surface area contributed by atoms with E-state index in [2.05, 4.69) is 34.6 Å². The first-order chi connectivity index (χ1) is 15.0. The van der Waals surface area contributed by atoms with Gasteiger partial charge in [-0.25, -0.2) is 9.67 Å². The molecule has 0 radical (unpaired) electrons. The van der Waals surface area contributed by atoms with Gasteiger partial charge in [0.15, 0.2) is 0 Å². The molecule has 2 unspecified atom stereocenters. The van der Waals surface area contributed by atoms with Crippen molar-refractivity contribution in [1.82, 2.24) is 30.3 Å². The van der Waals surface area contributed by atoms with Gasteiger partial charge in [0.25, 0.3) is 0 Å². The van der Waals surface area contributed by atoms with Crippen LogP contribution < -0.4 is 10.6 Å².